The van der Waals surface area contributed by atoms with E-state index in [1.54, 1.807) is 42.2 Å². The second kappa shape index (κ2) is 11.6. The Morgan fingerprint density at radius 3 is 2.15 bits per heavy atom. The van der Waals surface area contributed by atoms with E-state index in [0.717, 1.165) is 11.1 Å². The number of rotatable bonds is 10. The van der Waals surface area contributed by atoms with Crippen molar-refractivity contribution in [3.63, 3.8) is 0 Å². The lowest BCUT2D eigenvalue weighted by Gasteiger charge is -2.31. The Morgan fingerprint density at radius 2 is 1.59 bits per heavy atom. The molecule has 0 aliphatic heterocycles. The second-order valence-corrected chi connectivity index (χ2v) is 11.7. The lowest BCUT2D eigenvalue weighted by Crippen LogP contribution is -2.52. The van der Waals surface area contributed by atoms with Crippen LogP contribution in [0.15, 0.2) is 59.5 Å². The molecule has 0 fully saturated rings. The second-order valence-electron chi connectivity index (χ2n) is 9.67. The molecule has 1 N–H and O–H groups in total. The zero-order chi connectivity index (χ0) is 25.5. The molecule has 0 aliphatic rings. The Hall–Kier alpha value is -2.71. The molecule has 7 nitrogen and oxygen atoms in total. The Kier molecular flexibility index (Phi) is 9.41. The fourth-order valence-corrected chi connectivity index (χ4v) is 4.67. The number of carbonyl (C=O) groups is 2. The summed E-state index contributed by atoms with van der Waals surface area (Å²) in [6, 6.07) is 15.4. The van der Waals surface area contributed by atoms with E-state index in [4.69, 9.17) is 0 Å². The summed E-state index contributed by atoms with van der Waals surface area (Å²) in [5.41, 5.74) is 1.62. The maximum Gasteiger partial charge on any atom is 0.242 e. The highest BCUT2D eigenvalue weighted by molar-refractivity contribution is 7.89. The minimum Gasteiger partial charge on any atom is -0.350 e. The summed E-state index contributed by atoms with van der Waals surface area (Å²) in [5.74, 6) is -0.417. The highest BCUT2D eigenvalue weighted by Gasteiger charge is 2.28. The zero-order valence-corrected chi connectivity index (χ0v) is 21.9. The Balaban J connectivity index is 2.09. The highest BCUT2D eigenvalue weighted by atomic mass is 32.2. The summed E-state index contributed by atoms with van der Waals surface area (Å²) in [6.07, 6.45) is 0.479. The molecule has 1 unspecified atom stereocenters. The first-order valence-electron chi connectivity index (χ1n) is 11.5. The third-order valence-corrected chi connectivity index (χ3v) is 7.33. The predicted octanol–water partition coefficient (Wildman–Crippen LogP) is 3.73. The van der Waals surface area contributed by atoms with Gasteiger partial charge in [-0.25, -0.2) is 12.7 Å². The Labute approximate surface area is 204 Å². The summed E-state index contributed by atoms with van der Waals surface area (Å²) >= 11 is 0. The number of nitrogens with one attached hydrogen (secondary N) is 1. The molecule has 0 radical (unpaired) electrons. The lowest BCUT2D eigenvalue weighted by atomic mass is 10.1. The molecule has 0 aromatic heterocycles. The van der Waals surface area contributed by atoms with Gasteiger partial charge in [-0.3, -0.25) is 9.59 Å². The van der Waals surface area contributed by atoms with Gasteiger partial charge in [0.2, 0.25) is 21.8 Å². The largest absolute Gasteiger partial charge is 0.350 e. The molecular weight excluding hydrogens is 450 g/mol. The monoisotopic (exact) mass is 487 g/mol. The van der Waals surface area contributed by atoms with E-state index in [-0.39, 0.29) is 29.7 Å². The smallest absolute Gasteiger partial charge is 0.242 e. The van der Waals surface area contributed by atoms with Gasteiger partial charge >= 0.3 is 0 Å². The van der Waals surface area contributed by atoms with Crippen molar-refractivity contribution < 1.29 is 18.0 Å². The van der Waals surface area contributed by atoms with Crippen LogP contribution < -0.4 is 5.32 Å². The van der Waals surface area contributed by atoms with Crippen LogP contribution >= 0.6 is 0 Å². The van der Waals surface area contributed by atoms with Crippen LogP contribution in [-0.4, -0.2) is 54.6 Å². The van der Waals surface area contributed by atoms with Gasteiger partial charge in [0.25, 0.3) is 0 Å². The summed E-state index contributed by atoms with van der Waals surface area (Å²) < 4.78 is 26.7. The SMILES string of the molecule is Cc1ccc(CN(C(=O)CCCN(C)S(=O)(=O)c2ccccc2)C(C)C(=O)NC(C)(C)C)cc1. The van der Waals surface area contributed by atoms with Crippen molar-refractivity contribution in [1.82, 2.24) is 14.5 Å². The molecule has 34 heavy (non-hydrogen) atoms. The normalized spacial score (nSPS) is 12.9. The number of nitrogens with zero attached hydrogens (tertiary/aromatic N) is 2. The number of sulfonamides is 1. The number of aryl methyl sites for hydroxylation is 1. The maximum atomic E-state index is 13.2. The van der Waals surface area contributed by atoms with Crippen LogP contribution in [0.2, 0.25) is 0 Å². The molecule has 0 bridgehead atoms. The van der Waals surface area contributed by atoms with Gasteiger partial charge in [0.1, 0.15) is 6.04 Å². The summed E-state index contributed by atoms with van der Waals surface area (Å²) in [5, 5.41) is 2.94. The van der Waals surface area contributed by atoms with Crippen LogP contribution in [0.4, 0.5) is 0 Å². The van der Waals surface area contributed by atoms with E-state index >= 15 is 0 Å². The standard InChI is InChI=1S/C26H37N3O4S/c1-20-14-16-22(17-15-20)19-29(21(2)25(31)27-26(3,4)5)24(30)13-10-18-28(6)34(32,33)23-11-8-7-9-12-23/h7-9,11-12,14-17,21H,10,13,18-19H2,1-6H3,(H,27,31). The van der Waals surface area contributed by atoms with Crippen molar-refractivity contribution in [2.75, 3.05) is 13.6 Å². The quantitative estimate of drug-likeness (QED) is 0.553. The minimum absolute atomic E-state index is 0.133. The average Bonchev–Trinajstić information content (AvgIpc) is 2.77. The van der Waals surface area contributed by atoms with Crippen LogP contribution in [0, 0.1) is 6.92 Å². The fourth-order valence-electron chi connectivity index (χ4n) is 3.44. The van der Waals surface area contributed by atoms with Crippen LogP contribution in [0.3, 0.4) is 0 Å². The van der Waals surface area contributed by atoms with Gasteiger partial charge in [0.15, 0.2) is 0 Å². The first-order chi connectivity index (χ1) is 15.8. The molecule has 186 valence electrons. The van der Waals surface area contributed by atoms with Crippen molar-refractivity contribution in [2.45, 2.75) is 70.5 Å². The van der Waals surface area contributed by atoms with Crippen molar-refractivity contribution >= 4 is 21.8 Å². The van der Waals surface area contributed by atoms with Crippen molar-refractivity contribution in [3.8, 4) is 0 Å². The van der Waals surface area contributed by atoms with Crippen LogP contribution in [-0.2, 0) is 26.2 Å². The molecule has 0 heterocycles. The van der Waals surface area contributed by atoms with Crippen molar-refractivity contribution in [3.05, 3.63) is 65.7 Å². The predicted molar refractivity (Wildman–Crippen MR) is 135 cm³/mol. The molecule has 2 amide bonds. The van der Waals surface area contributed by atoms with Gasteiger partial charge < -0.3 is 10.2 Å². The first-order valence-corrected chi connectivity index (χ1v) is 12.9. The minimum atomic E-state index is -3.62. The Morgan fingerprint density at radius 1 is 1.00 bits per heavy atom. The number of amides is 2. The summed E-state index contributed by atoms with van der Waals surface area (Å²) in [7, 11) is -2.11. The molecule has 2 aromatic carbocycles. The van der Waals surface area contributed by atoms with Gasteiger partial charge in [0.05, 0.1) is 4.90 Å². The van der Waals surface area contributed by atoms with Crippen molar-refractivity contribution in [2.24, 2.45) is 0 Å². The van der Waals surface area contributed by atoms with E-state index in [1.807, 2.05) is 52.0 Å². The third kappa shape index (κ3) is 7.95. The number of hydrogen-bond acceptors (Lipinski definition) is 4. The number of carbonyl (C=O) groups excluding carboxylic acids is 2. The summed E-state index contributed by atoms with van der Waals surface area (Å²) in [4.78, 5) is 27.8. The van der Waals surface area contributed by atoms with Gasteiger partial charge in [0, 0.05) is 32.1 Å². The van der Waals surface area contributed by atoms with Gasteiger partial charge in [-0.15, -0.1) is 0 Å². The lowest BCUT2D eigenvalue weighted by molar-refractivity contribution is -0.141. The van der Waals surface area contributed by atoms with Crippen LogP contribution in [0.25, 0.3) is 0 Å². The molecule has 1 atom stereocenters. The third-order valence-electron chi connectivity index (χ3n) is 5.45. The fraction of sp³-hybridized carbons (Fsp3) is 0.462. The van der Waals surface area contributed by atoms with Crippen LogP contribution in [0.5, 0.6) is 0 Å². The number of benzene rings is 2. The van der Waals surface area contributed by atoms with E-state index in [1.165, 1.54) is 11.4 Å². The topological polar surface area (TPSA) is 86.8 Å². The molecule has 0 saturated heterocycles. The van der Waals surface area contributed by atoms with Crippen molar-refractivity contribution in [1.29, 1.82) is 0 Å². The molecular formula is C26H37N3O4S. The molecule has 0 spiro atoms. The van der Waals surface area contributed by atoms with E-state index in [0.29, 0.717) is 13.0 Å². The van der Waals surface area contributed by atoms with E-state index in [2.05, 4.69) is 5.32 Å². The average molecular weight is 488 g/mol. The molecule has 2 aromatic rings. The maximum absolute atomic E-state index is 13.2. The molecule has 8 heteroatoms. The first kappa shape index (κ1) is 27.5. The van der Waals surface area contributed by atoms with Gasteiger partial charge in [-0.05, 0) is 58.7 Å². The van der Waals surface area contributed by atoms with Crippen LogP contribution in [0.1, 0.15) is 51.7 Å². The van der Waals surface area contributed by atoms with Gasteiger partial charge in [-0.2, -0.15) is 0 Å². The van der Waals surface area contributed by atoms with E-state index in [9.17, 15) is 18.0 Å². The zero-order valence-electron chi connectivity index (χ0n) is 21.0. The van der Waals surface area contributed by atoms with Gasteiger partial charge in [-0.1, -0.05) is 48.0 Å². The molecule has 0 saturated carbocycles. The highest BCUT2D eigenvalue weighted by Crippen LogP contribution is 2.16. The van der Waals surface area contributed by atoms with E-state index < -0.39 is 21.6 Å². The summed E-state index contributed by atoms with van der Waals surface area (Å²) in [6.45, 7) is 9.90. The molecule has 2 rings (SSSR count). The number of hydrogen-bond donors (Lipinski definition) is 1. The Bertz CT molecular complexity index is 1060. The molecule has 0 aliphatic carbocycles.